The molecule has 6 nitrogen and oxygen atoms in total. The Morgan fingerprint density at radius 2 is 1.85 bits per heavy atom. The molecule has 20 heavy (non-hydrogen) atoms. The lowest BCUT2D eigenvalue weighted by molar-refractivity contribution is -0.147. The molecule has 0 radical (unpaired) electrons. The molecule has 2 N–H and O–H groups in total. The van der Waals surface area contributed by atoms with Gasteiger partial charge in [0, 0.05) is 18.6 Å². The zero-order valence-electron chi connectivity index (χ0n) is 11.8. The number of pyridine rings is 1. The van der Waals surface area contributed by atoms with Gasteiger partial charge < -0.3 is 19.7 Å². The first kappa shape index (κ1) is 16.4. The number of ether oxygens (including phenoxy) is 2. The Morgan fingerprint density at radius 1 is 1.25 bits per heavy atom. The fourth-order valence-corrected chi connectivity index (χ4v) is 1.59. The van der Waals surface area contributed by atoms with Gasteiger partial charge in [0.15, 0.2) is 0 Å². The van der Waals surface area contributed by atoms with E-state index in [1.54, 1.807) is 26.0 Å². The molecule has 0 atom stereocenters. The summed E-state index contributed by atoms with van der Waals surface area (Å²) >= 11 is 0. The molecule has 0 fully saturated rings. The zero-order valence-corrected chi connectivity index (χ0v) is 11.8. The number of carbonyl (C=O) groups excluding carboxylic acids is 1. The van der Waals surface area contributed by atoms with Gasteiger partial charge in [0.25, 0.3) is 0 Å². The molecule has 0 aromatic carbocycles. The van der Waals surface area contributed by atoms with Crippen LogP contribution in [0.5, 0.6) is 5.75 Å². The van der Waals surface area contributed by atoms with Crippen molar-refractivity contribution in [3.05, 3.63) is 23.5 Å². The number of esters is 1. The van der Waals surface area contributed by atoms with E-state index in [2.05, 4.69) is 4.98 Å². The molecular weight excluding hydrogens is 262 g/mol. The molecule has 1 heterocycles. The highest BCUT2D eigenvalue weighted by Crippen LogP contribution is 2.15. The molecule has 0 aliphatic carbocycles. The number of nitrogens with zero attached hydrogens (tertiary/aromatic N) is 1. The summed E-state index contributed by atoms with van der Waals surface area (Å²) in [5.74, 6) is 0.274. The van der Waals surface area contributed by atoms with Gasteiger partial charge in [0.05, 0.1) is 37.3 Å². The van der Waals surface area contributed by atoms with Crippen LogP contribution < -0.4 is 4.74 Å². The number of aliphatic hydroxyl groups is 2. The second-order valence-electron chi connectivity index (χ2n) is 4.59. The molecule has 6 heteroatoms. The molecule has 0 bridgehead atoms. The minimum atomic E-state index is -0.245. The summed E-state index contributed by atoms with van der Waals surface area (Å²) in [5, 5.41) is 18.1. The Morgan fingerprint density at radius 3 is 2.35 bits per heavy atom. The van der Waals surface area contributed by atoms with Crippen LogP contribution in [0.1, 0.15) is 38.1 Å². The molecule has 1 aromatic heterocycles. The van der Waals surface area contributed by atoms with Crippen molar-refractivity contribution >= 4 is 5.97 Å². The lowest BCUT2D eigenvalue weighted by atomic mass is 10.3. The molecule has 0 amide bonds. The van der Waals surface area contributed by atoms with E-state index >= 15 is 0 Å². The quantitative estimate of drug-likeness (QED) is 0.550. The van der Waals surface area contributed by atoms with E-state index in [9.17, 15) is 4.79 Å². The third-order valence-electron chi connectivity index (χ3n) is 2.39. The normalized spacial score (nSPS) is 10.7. The molecule has 0 saturated carbocycles. The second kappa shape index (κ2) is 8.50. The zero-order chi connectivity index (χ0) is 15.0. The Bertz CT molecular complexity index is 411. The van der Waals surface area contributed by atoms with Crippen LogP contribution in [0.2, 0.25) is 0 Å². The molecule has 0 spiro atoms. The van der Waals surface area contributed by atoms with Crippen LogP contribution >= 0.6 is 0 Å². The smallest absolute Gasteiger partial charge is 0.306 e. The van der Waals surface area contributed by atoms with Crippen LogP contribution in [0.3, 0.4) is 0 Å². The number of aliphatic hydroxyl groups excluding tert-OH is 2. The van der Waals surface area contributed by atoms with Gasteiger partial charge in [-0.3, -0.25) is 9.78 Å². The SMILES string of the molecule is CC(C)OC(=O)CCCOc1cc(CO)nc(CO)c1. The molecular formula is C14H21NO5. The largest absolute Gasteiger partial charge is 0.493 e. The van der Waals surface area contributed by atoms with Gasteiger partial charge in [-0.25, -0.2) is 0 Å². The molecule has 0 aliphatic heterocycles. The third-order valence-corrected chi connectivity index (χ3v) is 2.39. The van der Waals surface area contributed by atoms with Crippen molar-refractivity contribution in [3.63, 3.8) is 0 Å². The maximum atomic E-state index is 11.3. The van der Waals surface area contributed by atoms with E-state index in [4.69, 9.17) is 19.7 Å². The van der Waals surface area contributed by atoms with Crippen LogP contribution in [-0.2, 0) is 22.7 Å². The lowest BCUT2D eigenvalue weighted by Gasteiger charge is -2.10. The predicted octanol–water partition coefficient (Wildman–Crippen LogP) is 1.18. The van der Waals surface area contributed by atoms with E-state index in [0.717, 1.165) is 0 Å². The van der Waals surface area contributed by atoms with E-state index in [0.29, 0.717) is 36.6 Å². The molecule has 0 unspecified atom stereocenters. The highest BCUT2D eigenvalue weighted by molar-refractivity contribution is 5.69. The maximum absolute atomic E-state index is 11.3. The highest BCUT2D eigenvalue weighted by atomic mass is 16.5. The van der Waals surface area contributed by atoms with E-state index < -0.39 is 0 Å². The average Bonchev–Trinajstić information content (AvgIpc) is 2.42. The van der Waals surface area contributed by atoms with Gasteiger partial charge in [-0.15, -0.1) is 0 Å². The molecule has 0 aliphatic rings. The van der Waals surface area contributed by atoms with Crippen molar-refractivity contribution in [2.75, 3.05) is 6.61 Å². The molecule has 112 valence electrons. The van der Waals surface area contributed by atoms with Gasteiger partial charge >= 0.3 is 5.97 Å². The number of carbonyl (C=O) groups is 1. The monoisotopic (exact) mass is 283 g/mol. The minimum Gasteiger partial charge on any atom is -0.493 e. The average molecular weight is 283 g/mol. The minimum absolute atomic E-state index is 0.108. The summed E-state index contributed by atoms with van der Waals surface area (Å²) in [5.41, 5.74) is 0.872. The summed E-state index contributed by atoms with van der Waals surface area (Å²) < 4.78 is 10.5. The van der Waals surface area contributed by atoms with E-state index in [1.807, 2.05) is 0 Å². The Hall–Kier alpha value is -1.66. The van der Waals surface area contributed by atoms with Crippen LogP contribution in [0.15, 0.2) is 12.1 Å². The second-order valence-corrected chi connectivity index (χ2v) is 4.59. The van der Waals surface area contributed by atoms with E-state index in [1.165, 1.54) is 0 Å². The van der Waals surface area contributed by atoms with Crippen LogP contribution in [0.4, 0.5) is 0 Å². The summed E-state index contributed by atoms with van der Waals surface area (Å²) in [6.45, 7) is 3.53. The first-order chi connectivity index (χ1) is 9.55. The van der Waals surface area contributed by atoms with Crippen LogP contribution in [-0.4, -0.2) is 33.9 Å². The number of rotatable bonds is 8. The van der Waals surface area contributed by atoms with E-state index in [-0.39, 0.29) is 25.3 Å². The van der Waals surface area contributed by atoms with Crippen molar-refractivity contribution in [3.8, 4) is 5.75 Å². The molecule has 1 aromatic rings. The van der Waals surface area contributed by atoms with Gasteiger partial charge in [-0.05, 0) is 20.3 Å². The van der Waals surface area contributed by atoms with Crippen molar-refractivity contribution < 1.29 is 24.5 Å². The van der Waals surface area contributed by atoms with Gasteiger partial charge in [0.2, 0.25) is 0 Å². The Balaban J connectivity index is 2.40. The van der Waals surface area contributed by atoms with Crippen molar-refractivity contribution in [1.82, 2.24) is 4.98 Å². The van der Waals surface area contributed by atoms with Gasteiger partial charge in [0.1, 0.15) is 5.75 Å². The molecule has 0 saturated heterocycles. The van der Waals surface area contributed by atoms with Crippen LogP contribution in [0.25, 0.3) is 0 Å². The third kappa shape index (κ3) is 5.99. The number of hydrogen-bond donors (Lipinski definition) is 2. The topological polar surface area (TPSA) is 88.9 Å². The lowest BCUT2D eigenvalue weighted by Crippen LogP contribution is -2.12. The Kier molecular flexibility index (Phi) is 6.97. The number of aromatic nitrogens is 1. The van der Waals surface area contributed by atoms with Gasteiger partial charge in [-0.2, -0.15) is 0 Å². The summed E-state index contributed by atoms with van der Waals surface area (Å²) in [6.07, 6.45) is 0.725. The van der Waals surface area contributed by atoms with Crippen molar-refractivity contribution in [2.45, 2.75) is 46.0 Å². The highest BCUT2D eigenvalue weighted by Gasteiger charge is 2.06. The molecule has 1 rings (SSSR count). The first-order valence-corrected chi connectivity index (χ1v) is 6.59. The summed E-state index contributed by atoms with van der Waals surface area (Å²) in [4.78, 5) is 15.3. The number of hydrogen-bond acceptors (Lipinski definition) is 6. The predicted molar refractivity (Wildman–Crippen MR) is 72.0 cm³/mol. The fourth-order valence-electron chi connectivity index (χ4n) is 1.59. The van der Waals surface area contributed by atoms with Crippen molar-refractivity contribution in [2.24, 2.45) is 0 Å². The van der Waals surface area contributed by atoms with Crippen molar-refractivity contribution in [1.29, 1.82) is 0 Å². The maximum Gasteiger partial charge on any atom is 0.306 e. The Labute approximate surface area is 118 Å². The summed E-state index contributed by atoms with van der Waals surface area (Å²) in [7, 11) is 0. The first-order valence-electron chi connectivity index (χ1n) is 6.59. The van der Waals surface area contributed by atoms with Crippen LogP contribution in [0, 0.1) is 0 Å². The van der Waals surface area contributed by atoms with Gasteiger partial charge in [-0.1, -0.05) is 0 Å². The summed E-state index contributed by atoms with van der Waals surface area (Å²) in [6, 6.07) is 3.21. The fraction of sp³-hybridized carbons (Fsp3) is 0.571. The standard InChI is InChI=1S/C14H21NO5/c1-10(2)20-14(18)4-3-5-19-13-6-11(8-16)15-12(7-13)9-17/h6-7,10,16-17H,3-5,8-9H2,1-2H3.